The fourth-order valence-corrected chi connectivity index (χ4v) is 2.11. The summed E-state index contributed by atoms with van der Waals surface area (Å²) in [7, 11) is -1.83. The highest BCUT2D eigenvalue weighted by Gasteiger charge is 2.14. The number of hydrogen-bond acceptors (Lipinski definition) is 3. The van der Waals surface area contributed by atoms with Crippen LogP contribution in [0.3, 0.4) is 0 Å². The molecule has 1 amide bonds. The van der Waals surface area contributed by atoms with Crippen molar-refractivity contribution in [1.29, 1.82) is 0 Å². The number of nitrogens with two attached hydrogens (primary N) is 1. The summed E-state index contributed by atoms with van der Waals surface area (Å²) >= 11 is 0. The predicted molar refractivity (Wildman–Crippen MR) is 59.7 cm³/mol. The van der Waals surface area contributed by atoms with Crippen molar-refractivity contribution < 1.29 is 17.8 Å². The molecule has 1 aromatic rings. The van der Waals surface area contributed by atoms with Gasteiger partial charge in [-0.05, 0) is 12.1 Å². The maximum absolute atomic E-state index is 13.2. The molecule has 0 radical (unpaired) electrons. The maximum Gasteiger partial charge on any atom is 0.233 e. The van der Waals surface area contributed by atoms with Gasteiger partial charge in [-0.3, -0.25) is 9.00 Å². The fourth-order valence-electron chi connectivity index (χ4n) is 1.12. The Labute approximate surface area is 99.6 Å². The van der Waals surface area contributed by atoms with Crippen molar-refractivity contribution in [3.63, 3.8) is 0 Å². The number of halogens is 2. The SMILES string of the molecule is NCCNC(=O)CS(=O)c1ccc(F)cc1F. The standard InChI is InChI=1S/C10H12F2N2O2S/c11-7-1-2-9(8(12)5-7)17(16)6-10(15)14-4-3-13/h1-2,5H,3-4,6,13H2,(H,14,15). The molecular formula is C10H12F2N2O2S. The molecule has 0 fully saturated rings. The molecule has 0 saturated carbocycles. The Hall–Kier alpha value is -1.34. The van der Waals surface area contributed by atoms with E-state index in [-0.39, 0.29) is 23.7 Å². The van der Waals surface area contributed by atoms with Gasteiger partial charge in [-0.2, -0.15) is 0 Å². The second kappa shape index (κ2) is 6.41. The highest BCUT2D eigenvalue weighted by atomic mass is 32.2. The summed E-state index contributed by atoms with van der Waals surface area (Å²) in [5, 5.41) is 2.41. The van der Waals surface area contributed by atoms with Crippen LogP contribution in [0.4, 0.5) is 8.78 Å². The minimum absolute atomic E-state index is 0.186. The van der Waals surface area contributed by atoms with Crippen LogP contribution in [0.15, 0.2) is 23.1 Å². The van der Waals surface area contributed by atoms with E-state index in [2.05, 4.69) is 5.32 Å². The van der Waals surface area contributed by atoms with E-state index in [0.717, 1.165) is 12.1 Å². The van der Waals surface area contributed by atoms with Gasteiger partial charge in [0.1, 0.15) is 17.4 Å². The molecule has 0 aromatic heterocycles. The average Bonchev–Trinajstić information content (AvgIpc) is 2.26. The molecule has 0 aliphatic carbocycles. The van der Waals surface area contributed by atoms with Crippen molar-refractivity contribution in [3.05, 3.63) is 29.8 Å². The second-order valence-corrected chi connectivity index (χ2v) is 4.62. The third kappa shape index (κ3) is 4.20. The van der Waals surface area contributed by atoms with Gasteiger partial charge in [0.2, 0.25) is 5.91 Å². The third-order valence-electron chi connectivity index (χ3n) is 1.87. The van der Waals surface area contributed by atoms with Crippen molar-refractivity contribution in [2.24, 2.45) is 5.73 Å². The first kappa shape index (κ1) is 13.7. The quantitative estimate of drug-likeness (QED) is 0.793. The van der Waals surface area contributed by atoms with Crippen LogP contribution in [0.1, 0.15) is 0 Å². The molecule has 0 saturated heterocycles. The monoisotopic (exact) mass is 262 g/mol. The van der Waals surface area contributed by atoms with Crippen molar-refractivity contribution in [2.45, 2.75) is 4.90 Å². The van der Waals surface area contributed by atoms with Gasteiger partial charge in [-0.1, -0.05) is 0 Å². The minimum Gasteiger partial charge on any atom is -0.354 e. The largest absolute Gasteiger partial charge is 0.354 e. The molecule has 1 aromatic carbocycles. The van der Waals surface area contributed by atoms with Crippen LogP contribution in [0.2, 0.25) is 0 Å². The molecule has 1 unspecified atom stereocenters. The van der Waals surface area contributed by atoms with Gasteiger partial charge in [0.05, 0.1) is 15.7 Å². The van der Waals surface area contributed by atoms with Gasteiger partial charge < -0.3 is 11.1 Å². The molecule has 0 aliphatic rings. The van der Waals surface area contributed by atoms with Crippen molar-refractivity contribution in [1.82, 2.24) is 5.32 Å². The number of carbonyl (C=O) groups is 1. The lowest BCUT2D eigenvalue weighted by atomic mass is 10.3. The van der Waals surface area contributed by atoms with Gasteiger partial charge in [-0.15, -0.1) is 0 Å². The van der Waals surface area contributed by atoms with Gasteiger partial charge in [0.25, 0.3) is 0 Å². The molecule has 0 spiro atoms. The van der Waals surface area contributed by atoms with E-state index < -0.39 is 28.3 Å². The molecule has 4 nitrogen and oxygen atoms in total. The third-order valence-corrected chi connectivity index (χ3v) is 3.21. The van der Waals surface area contributed by atoms with E-state index in [9.17, 15) is 17.8 Å². The van der Waals surface area contributed by atoms with E-state index in [1.165, 1.54) is 0 Å². The molecule has 1 atom stereocenters. The minimum atomic E-state index is -1.83. The molecule has 0 bridgehead atoms. The first-order valence-electron chi connectivity index (χ1n) is 4.84. The smallest absolute Gasteiger partial charge is 0.233 e. The molecule has 7 heteroatoms. The number of nitrogens with one attached hydrogen (secondary N) is 1. The highest BCUT2D eigenvalue weighted by Crippen LogP contribution is 2.13. The Morgan fingerprint density at radius 3 is 2.71 bits per heavy atom. The lowest BCUT2D eigenvalue weighted by molar-refractivity contribution is -0.118. The summed E-state index contributed by atoms with van der Waals surface area (Å²) in [5.74, 6) is -2.54. The Kier molecular flexibility index (Phi) is 5.17. The summed E-state index contributed by atoms with van der Waals surface area (Å²) in [4.78, 5) is 11.0. The topological polar surface area (TPSA) is 72.2 Å². The zero-order chi connectivity index (χ0) is 12.8. The molecule has 0 aliphatic heterocycles. The highest BCUT2D eigenvalue weighted by molar-refractivity contribution is 7.85. The van der Waals surface area contributed by atoms with Gasteiger partial charge in [-0.25, -0.2) is 8.78 Å². The molecule has 0 heterocycles. The number of hydrogen-bond donors (Lipinski definition) is 2. The summed E-state index contributed by atoms with van der Waals surface area (Å²) in [6, 6.07) is 2.69. The summed E-state index contributed by atoms with van der Waals surface area (Å²) in [6.45, 7) is 0.533. The van der Waals surface area contributed by atoms with Gasteiger partial charge >= 0.3 is 0 Å². The van der Waals surface area contributed by atoms with Crippen molar-refractivity contribution in [2.75, 3.05) is 18.8 Å². The van der Waals surface area contributed by atoms with Gasteiger partial charge in [0.15, 0.2) is 0 Å². The van der Waals surface area contributed by atoms with Crippen LogP contribution >= 0.6 is 0 Å². The molecule has 3 N–H and O–H groups in total. The zero-order valence-electron chi connectivity index (χ0n) is 8.91. The number of amides is 1. The van der Waals surface area contributed by atoms with E-state index in [0.29, 0.717) is 6.07 Å². The average molecular weight is 262 g/mol. The van der Waals surface area contributed by atoms with E-state index in [1.54, 1.807) is 0 Å². The number of rotatable bonds is 5. The first-order chi connectivity index (χ1) is 8.04. The summed E-state index contributed by atoms with van der Waals surface area (Å²) < 4.78 is 37.4. The molecule has 1 rings (SSSR count). The van der Waals surface area contributed by atoms with Crippen LogP contribution in [0.25, 0.3) is 0 Å². The maximum atomic E-state index is 13.2. The second-order valence-electron chi connectivity index (χ2n) is 3.20. The summed E-state index contributed by atoms with van der Waals surface area (Å²) in [5.41, 5.74) is 5.17. The predicted octanol–water partition coefficient (Wildman–Crippen LogP) is 0.147. The first-order valence-corrected chi connectivity index (χ1v) is 6.16. The molecular weight excluding hydrogens is 250 g/mol. The van der Waals surface area contributed by atoms with Crippen LogP contribution in [-0.4, -0.2) is 29.0 Å². The Morgan fingerprint density at radius 1 is 1.41 bits per heavy atom. The van der Waals surface area contributed by atoms with Crippen LogP contribution < -0.4 is 11.1 Å². The summed E-state index contributed by atoms with van der Waals surface area (Å²) in [6.07, 6.45) is 0. The van der Waals surface area contributed by atoms with E-state index in [4.69, 9.17) is 5.73 Å². The Balaban J connectivity index is 2.67. The number of benzene rings is 1. The van der Waals surface area contributed by atoms with Crippen LogP contribution in [-0.2, 0) is 15.6 Å². The Bertz CT molecular complexity index is 440. The molecule has 94 valence electrons. The number of carbonyl (C=O) groups excluding carboxylic acids is 1. The normalized spacial score (nSPS) is 12.2. The van der Waals surface area contributed by atoms with Crippen LogP contribution in [0.5, 0.6) is 0 Å². The Morgan fingerprint density at radius 2 is 2.12 bits per heavy atom. The van der Waals surface area contributed by atoms with Crippen molar-refractivity contribution in [3.8, 4) is 0 Å². The van der Waals surface area contributed by atoms with E-state index >= 15 is 0 Å². The van der Waals surface area contributed by atoms with Gasteiger partial charge in [0, 0.05) is 19.2 Å². The van der Waals surface area contributed by atoms with Crippen LogP contribution in [0, 0.1) is 11.6 Å². The fraction of sp³-hybridized carbons (Fsp3) is 0.300. The lowest BCUT2D eigenvalue weighted by Gasteiger charge is -2.04. The lowest BCUT2D eigenvalue weighted by Crippen LogP contribution is -2.32. The zero-order valence-corrected chi connectivity index (χ0v) is 9.73. The van der Waals surface area contributed by atoms with E-state index in [1.807, 2.05) is 0 Å². The van der Waals surface area contributed by atoms with Crippen molar-refractivity contribution >= 4 is 16.7 Å². The molecule has 17 heavy (non-hydrogen) atoms.